The van der Waals surface area contributed by atoms with Gasteiger partial charge in [-0.1, -0.05) is 36.8 Å². The first-order valence-electron chi connectivity index (χ1n) is 6.87. The predicted octanol–water partition coefficient (Wildman–Crippen LogP) is 2.09. The smallest absolute Gasteiger partial charge is 0.333 e. The Balaban J connectivity index is 2.01. The molecule has 0 aliphatic heterocycles. The minimum absolute atomic E-state index is 0.439. The quantitative estimate of drug-likeness (QED) is 0.770. The molecule has 1 aromatic rings. The molecule has 5 nitrogen and oxygen atoms in total. The van der Waals surface area contributed by atoms with Gasteiger partial charge in [0.25, 0.3) is 0 Å². The van der Waals surface area contributed by atoms with Crippen molar-refractivity contribution in [1.82, 2.24) is 10.6 Å². The highest BCUT2D eigenvalue weighted by molar-refractivity contribution is 5.87. The van der Waals surface area contributed by atoms with Gasteiger partial charge in [-0.25, -0.2) is 9.59 Å². The monoisotopic (exact) mass is 276 g/mol. The summed E-state index contributed by atoms with van der Waals surface area (Å²) in [5.41, 5.74) is -0.878. The summed E-state index contributed by atoms with van der Waals surface area (Å²) in [6, 6.07) is 8.27. The molecular weight excluding hydrogens is 256 g/mol. The molecule has 1 atom stereocenters. The summed E-state index contributed by atoms with van der Waals surface area (Å²) >= 11 is 0. The maximum Gasteiger partial charge on any atom is 0.333 e. The van der Waals surface area contributed by atoms with Crippen molar-refractivity contribution in [3.63, 3.8) is 0 Å². The van der Waals surface area contributed by atoms with Crippen LogP contribution in [0.3, 0.4) is 0 Å². The van der Waals surface area contributed by atoms with Crippen molar-refractivity contribution < 1.29 is 14.7 Å². The van der Waals surface area contributed by atoms with Gasteiger partial charge in [0.1, 0.15) is 0 Å². The second-order valence-electron chi connectivity index (χ2n) is 5.43. The number of amides is 2. The van der Waals surface area contributed by atoms with Gasteiger partial charge in [0.2, 0.25) is 0 Å². The van der Waals surface area contributed by atoms with Gasteiger partial charge < -0.3 is 15.7 Å². The van der Waals surface area contributed by atoms with E-state index in [0.29, 0.717) is 18.0 Å². The Kier molecular flexibility index (Phi) is 4.27. The van der Waals surface area contributed by atoms with Crippen LogP contribution in [0, 0.1) is 5.92 Å². The van der Waals surface area contributed by atoms with Crippen molar-refractivity contribution >= 4 is 12.0 Å². The molecule has 1 aromatic carbocycles. The third kappa shape index (κ3) is 3.10. The third-order valence-corrected chi connectivity index (χ3v) is 3.92. The molecule has 0 aromatic heterocycles. The Bertz CT molecular complexity index is 485. The highest BCUT2D eigenvalue weighted by Gasteiger charge is 2.36. The van der Waals surface area contributed by atoms with Crippen LogP contribution in [0.25, 0.3) is 0 Å². The molecule has 1 fully saturated rings. The molecule has 0 radical (unpaired) electrons. The maximum atomic E-state index is 11.9. The Morgan fingerprint density at radius 1 is 1.30 bits per heavy atom. The highest BCUT2D eigenvalue weighted by atomic mass is 16.4. The lowest BCUT2D eigenvalue weighted by Crippen LogP contribution is -2.53. The van der Waals surface area contributed by atoms with Gasteiger partial charge in [-0.2, -0.15) is 0 Å². The van der Waals surface area contributed by atoms with E-state index in [-0.39, 0.29) is 0 Å². The number of carboxylic acids is 1. The first-order valence-corrected chi connectivity index (χ1v) is 6.87. The number of carbonyl (C=O) groups is 2. The average Bonchev–Trinajstić information content (AvgIpc) is 2.37. The summed E-state index contributed by atoms with van der Waals surface area (Å²) in [4.78, 5) is 23.4. The van der Waals surface area contributed by atoms with Gasteiger partial charge in [-0.15, -0.1) is 0 Å². The lowest BCUT2D eigenvalue weighted by molar-refractivity contribution is -0.144. The minimum atomic E-state index is -1.43. The fourth-order valence-corrected chi connectivity index (χ4v) is 2.23. The summed E-state index contributed by atoms with van der Waals surface area (Å²) in [6.45, 7) is 2.10. The molecule has 1 unspecified atom stereocenters. The Labute approximate surface area is 118 Å². The summed E-state index contributed by atoms with van der Waals surface area (Å²) in [6.07, 6.45) is 3.48. The molecule has 2 rings (SSSR count). The van der Waals surface area contributed by atoms with Crippen LogP contribution in [0.5, 0.6) is 0 Å². The number of hydrogen-bond donors (Lipinski definition) is 3. The second-order valence-corrected chi connectivity index (χ2v) is 5.43. The molecule has 0 saturated heterocycles. The largest absolute Gasteiger partial charge is 0.479 e. The Hall–Kier alpha value is -2.04. The summed E-state index contributed by atoms with van der Waals surface area (Å²) in [5, 5.41) is 14.7. The lowest BCUT2D eigenvalue weighted by atomic mass is 9.85. The van der Waals surface area contributed by atoms with Crippen LogP contribution >= 0.6 is 0 Å². The average molecular weight is 276 g/mol. The predicted molar refractivity (Wildman–Crippen MR) is 75.3 cm³/mol. The zero-order valence-corrected chi connectivity index (χ0v) is 11.6. The number of rotatable bonds is 5. The molecule has 2 amide bonds. The van der Waals surface area contributed by atoms with Crippen molar-refractivity contribution in [3.8, 4) is 0 Å². The van der Waals surface area contributed by atoms with Crippen LogP contribution in [0.15, 0.2) is 30.3 Å². The number of carbonyl (C=O) groups excluding carboxylic acids is 1. The number of nitrogens with one attached hydrogen (secondary N) is 2. The maximum absolute atomic E-state index is 11.9. The van der Waals surface area contributed by atoms with Crippen molar-refractivity contribution in [2.75, 3.05) is 6.54 Å². The molecular formula is C15H20N2O3. The van der Waals surface area contributed by atoms with Crippen molar-refractivity contribution in [3.05, 3.63) is 35.9 Å². The van der Waals surface area contributed by atoms with Crippen molar-refractivity contribution in [2.45, 2.75) is 31.7 Å². The zero-order chi connectivity index (χ0) is 14.6. The standard InChI is InChI=1S/C15H20N2O3/c1-15(13(18)19,12-8-3-2-4-9-12)17-14(20)16-10-11-6-5-7-11/h2-4,8-9,11H,5-7,10H2,1H3,(H,18,19)(H2,16,17,20). The first kappa shape index (κ1) is 14.4. The lowest BCUT2D eigenvalue weighted by Gasteiger charge is -2.29. The zero-order valence-electron chi connectivity index (χ0n) is 11.6. The van der Waals surface area contributed by atoms with E-state index < -0.39 is 17.5 Å². The molecule has 20 heavy (non-hydrogen) atoms. The van der Waals surface area contributed by atoms with Crippen LogP contribution in [0.2, 0.25) is 0 Å². The second kappa shape index (κ2) is 5.94. The number of benzene rings is 1. The van der Waals surface area contributed by atoms with E-state index in [1.165, 1.54) is 13.3 Å². The van der Waals surface area contributed by atoms with Crippen LogP contribution in [-0.4, -0.2) is 23.7 Å². The van der Waals surface area contributed by atoms with Crippen molar-refractivity contribution in [2.24, 2.45) is 5.92 Å². The van der Waals surface area contributed by atoms with E-state index >= 15 is 0 Å². The van der Waals surface area contributed by atoms with Gasteiger partial charge in [-0.05, 0) is 31.2 Å². The highest BCUT2D eigenvalue weighted by Crippen LogP contribution is 2.25. The molecule has 0 heterocycles. The number of hydrogen-bond acceptors (Lipinski definition) is 2. The topological polar surface area (TPSA) is 78.4 Å². The minimum Gasteiger partial charge on any atom is -0.479 e. The van der Waals surface area contributed by atoms with Crippen LogP contribution in [0.4, 0.5) is 4.79 Å². The fraction of sp³-hybridized carbons (Fsp3) is 0.467. The summed E-state index contributed by atoms with van der Waals surface area (Å²) in [5.74, 6) is -0.545. The van der Waals surface area contributed by atoms with E-state index in [2.05, 4.69) is 10.6 Å². The summed E-state index contributed by atoms with van der Waals surface area (Å²) < 4.78 is 0. The van der Waals surface area contributed by atoms with E-state index in [0.717, 1.165) is 12.8 Å². The van der Waals surface area contributed by atoms with Gasteiger partial charge >= 0.3 is 12.0 Å². The molecule has 1 aliphatic carbocycles. The molecule has 3 N–H and O–H groups in total. The van der Waals surface area contributed by atoms with Gasteiger partial charge in [-0.3, -0.25) is 0 Å². The van der Waals surface area contributed by atoms with Crippen LogP contribution in [0.1, 0.15) is 31.7 Å². The van der Waals surface area contributed by atoms with Gasteiger partial charge in [0.15, 0.2) is 5.54 Å². The third-order valence-electron chi connectivity index (χ3n) is 3.92. The Morgan fingerprint density at radius 2 is 1.95 bits per heavy atom. The van der Waals surface area contributed by atoms with E-state index in [9.17, 15) is 14.7 Å². The molecule has 5 heteroatoms. The molecule has 1 saturated carbocycles. The molecule has 0 bridgehead atoms. The van der Waals surface area contributed by atoms with Gasteiger partial charge in [0, 0.05) is 6.54 Å². The van der Waals surface area contributed by atoms with E-state index in [1.807, 2.05) is 6.07 Å². The molecule has 1 aliphatic rings. The SMILES string of the molecule is CC(NC(=O)NCC1CCC1)(C(=O)O)c1ccccc1. The van der Waals surface area contributed by atoms with Crippen LogP contribution in [-0.2, 0) is 10.3 Å². The number of aliphatic carboxylic acids is 1. The van der Waals surface area contributed by atoms with Crippen LogP contribution < -0.4 is 10.6 Å². The van der Waals surface area contributed by atoms with E-state index in [1.54, 1.807) is 24.3 Å². The first-order chi connectivity index (χ1) is 9.52. The normalized spacial score (nSPS) is 17.6. The van der Waals surface area contributed by atoms with Crippen molar-refractivity contribution in [1.29, 1.82) is 0 Å². The van der Waals surface area contributed by atoms with Gasteiger partial charge in [0.05, 0.1) is 0 Å². The fourth-order valence-electron chi connectivity index (χ4n) is 2.23. The Morgan fingerprint density at radius 3 is 2.45 bits per heavy atom. The molecule has 108 valence electrons. The number of urea groups is 1. The molecule has 0 spiro atoms. The van der Waals surface area contributed by atoms with E-state index in [4.69, 9.17) is 0 Å². The number of carboxylic acid groups (broad SMARTS) is 1. The summed E-state index contributed by atoms with van der Waals surface area (Å²) in [7, 11) is 0.